The number of imidazole rings is 1. The summed E-state index contributed by atoms with van der Waals surface area (Å²) in [6.07, 6.45) is 1.17. The molecule has 0 radical (unpaired) electrons. The lowest BCUT2D eigenvalue weighted by atomic mass is 10.3. The van der Waals surface area contributed by atoms with Crippen molar-refractivity contribution in [2.75, 3.05) is 27.4 Å². The summed E-state index contributed by atoms with van der Waals surface area (Å²) in [5.41, 5.74) is -0.0368. The maximum Gasteiger partial charge on any atom is 0.358 e. The lowest BCUT2D eigenvalue weighted by Gasteiger charge is -2.09. The van der Waals surface area contributed by atoms with Crippen LogP contribution in [0.2, 0.25) is 0 Å². The average molecular weight is 426 g/mol. The number of amides is 1. The van der Waals surface area contributed by atoms with E-state index in [1.807, 2.05) is 0 Å². The molecule has 12 heteroatoms. The fraction of sp³-hybridized carbons (Fsp3) is 0.529. The second-order valence-electron chi connectivity index (χ2n) is 5.75. The molecule has 2 heterocycles. The average Bonchev–Trinajstić information content (AvgIpc) is 3.18. The lowest BCUT2D eigenvalue weighted by molar-refractivity contribution is -0.144. The number of esters is 3. The standard InChI is InChI=1S/C17H22N4O7S/c1-5-27-12(23)8-21-9-18-14(13(21)16(25)28-6-2)19-17-20(3)15(24)10(29-17)7-11(22)26-4/h9-10H,5-8H2,1-4H3/t10-/m1/s1. The minimum Gasteiger partial charge on any atom is -0.469 e. The van der Waals surface area contributed by atoms with Crippen molar-refractivity contribution in [3.8, 4) is 0 Å². The van der Waals surface area contributed by atoms with Gasteiger partial charge in [0.05, 0.1) is 33.1 Å². The quantitative estimate of drug-likeness (QED) is 0.436. The number of aromatic nitrogens is 2. The molecule has 0 bridgehead atoms. The summed E-state index contributed by atoms with van der Waals surface area (Å²) in [4.78, 5) is 57.7. The number of methoxy groups -OCH3 is 1. The van der Waals surface area contributed by atoms with Crippen LogP contribution < -0.4 is 0 Å². The van der Waals surface area contributed by atoms with Crippen LogP contribution in [0.5, 0.6) is 0 Å². The molecule has 29 heavy (non-hydrogen) atoms. The van der Waals surface area contributed by atoms with Crippen LogP contribution in [-0.2, 0) is 35.1 Å². The van der Waals surface area contributed by atoms with Gasteiger partial charge >= 0.3 is 17.9 Å². The number of carbonyl (C=O) groups excluding carboxylic acids is 4. The highest BCUT2D eigenvalue weighted by atomic mass is 32.2. The van der Waals surface area contributed by atoms with E-state index >= 15 is 0 Å². The van der Waals surface area contributed by atoms with Gasteiger partial charge in [0.2, 0.25) is 5.91 Å². The molecule has 1 atom stereocenters. The van der Waals surface area contributed by atoms with Crippen molar-refractivity contribution in [1.82, 2.24) is 14.5 Å². The zero-order chi connectivity index (χ0) is 21.6. The first-order valence-corrected chi connectivity index (χ1v) is 9.67. The van der Waals surface area contributed by atoms with Crippen molar-refractivity contribution in [3.05, 3.63) is 12.0 Å². The van der Waals surface area contributed by atoms with Crippen LogP contribution in [0.4, 0.5) is 5.82 Å². The van der Waals surface area contributed by atoms with E-state index in [1.54, 1.807) is 13.8 Å². The number of thioether (sulfide) groups is 1. The van der Waals surface area contributed by atoms with Crippen LogP contribution in [0.1, 0.15) is 30.8 Å². The van der Waals surface area contributed by atoms with Crippen molar-refractivity contribution in [2.24, 2.45) is 4.99 Å². The van der Waals surface area contributed by atoms with Gasteiger partial charge < -0.3 is 18.8 Å². The molecule has 1 amide bonds. The van der Waals surface area contributed by atoms with Crippen LogP contribution in [0, 0.1) is 0 Å². The van der Waals surface area contributed by atoms with E-state index in [0.717, 1.165) is 11.8 Å². The van der Waals surface area contributed by atoms with Crippen LogP contribution in [-0.4, -0.2) is 76.1 Å². The molecule has 1 saturated heterocycles. The molecule has 11 nitrogen and oxygen atoms in total. The normalized spacial score (nSPS) is 17.5. The largest absolute Gasteiger partial charge is 0.469 e. The molecule has 158 valence electrons. The number of ether oxygens (including phenoxy) is 3. The van der Waals surface area contributed by atoms with E-state index in [1.165, 1.54) is 30.0 Å². The van der Waals surface area contributed by atoms with E-state index in [9.17, 15) is 19.2 Å². The molecule has 0 saturated carbocycles. The third-order valence-corrected chi connectivity index (χ3v) is 5.04. The Labute approximate surface area is 171 Å². The fourth-order valence-electron chi connectivity index (χ4n) is 2.45. The van der Waals surface area contributed by atoms with Gasteiger partial charge in [0.1, 0.15) is 11.8 Å². The molecule has 0 N–H and O–H groups in total. The summed E-state index contributed by atoms with van der Waals surface area (Å²) in [7, 11) is 2.75. The molecule has 0 aliphatic carbocycles. The highest BCUT2D eigenvalue weighted by Gasteiger charge is 2.38. The van der Waals surface area contributed by atoms with Crippen molar-refractivity contribution in [2.45, 2.75) is 32.1 Å². The Morgan fingerprint density at radius 3 is 2.52 bits per heavy atom. The monoisotopic (exact) mass is 426 g/mol. The van der Waals surface area contributed by atoms with E-state index in [0.29, 0.717) is 0 Å². The molecule has 1 aromatic rings. The van der Waals surface area contributed by atoms with Gasteiger partial charge in [0.25, 0.3) is 0 Å². The van der Waals surface area contributed by atoms with Crippen molar-refractivity contribution in [1.29, 1.82) is 0 Å². The number of hydrogen-bond acceptors (Lipinski definition) is 10. The van der Waals surface area contributed by atoms with Crippen LogP contribution in [0.15, 0.2) is 11.3 Å². The van der Waals surface area contributed by atoms with Crippen molar-refractivity contribution in [3.63, 3.8) is 0 Å². The fourth-order valence-corrected chi connectivity index (χ4v) is 3.57. The molecular formula is C17H22N4O7S. The van der Waals surface area contributed by atoms with Gasteiger partial charge in [-0.15, -0.1) is 0 Å². The number of hydrogen-bond donors (Lipinski definition) is 0. The summed E-state index contributed by atoms with van der Waals surface area (Å²) in [6.45, 7) is 3.39. The van der Waals surface area contributed by atoms with Gasteiger partial charge in [-0.2, -0.15) is 0 Å². The maximum absolute atomic E-state index is 12.4. The van der Waals surface area contributed by atoms with Crippen LogP contribution in [0.3, 0.4) is 0 Å². The Kier molecular flexibility index (Phi) is 7.76. The molecule has 0 unspecified atom stereocenters. The Hall–Kier alpha value is -2.89. The SMILES string of the molecule is CCOC(=O)Cn1cnc(N=C2S[C@H](CC(=O)OC)C(=O)N2C)c1C(=O)OCC. The zero-order valence-corrected chi connectivity index (χ0v) is 17.4. The van der Waals surface area contributed by atoms with Crippen molar-refractivity contribution >= 4 is 46.6 Å². The second-order valence-corrected chi connectivity index (χ2v) is 6.92. The molecule has 0 spiro atoms. The first-order valence-electron chi connectivity index (χ1n) is 8.79. The summed E-state index contributed by atoms with van der Waals surface area (Å²) in [5, 5.41) is -0.422. The topological polar surface area (TPSA) is 129 Å². The van der Waals surface area contributed by atoms with E-state index in [2.05, 4.69) is 14.7 Å². The second kappa shape index (κ2) is 10.0. The highest BCUT2D eigenvalue weighted by Crippen LogP contribution is 2.31. The zero-order valence-electron chi connectivity index (χ0n) is 16.5. The first kappa shape index (κ1) is 22.4. The smallest absolute Gasteiger partial charge is 0.358 e. The van der Waals surface area contributed by atoms with E-state index in [4.69, 9.17) is 9.47 Å². The number of nitrogens with zero attached hydrogens (tertiary/aromatic N) is 4. The Morgan fingerprint density at radius 2 is 1.90 bits per heavy atom. The molecule has 0 aromatic carbocycles. The van der Waals surface area contributed by atoms with Crippen molar-refractivity contribution < 1.29 is 33.4 Å². The van der Waals surface area contributed by atoms with Crippen LogP contribution >= 0.6 is 11.8 Å². The van der Waals surface area contributed by atoms with Gasteiger partial charge in [-0.3, -0.25) is 19.3 Å². The molecule has 2 rings (SSSR count). The molecular weight excluding hydrogens is 404 g/mol. The minimum atomic E-state index is -0.711. The molecule has 1 aliphatic heterocycles. The third-order valence-electron chi connectivity index (χ3n) is 3.81. The molecule has 1 aromatic heterocycles. The molecule has 1 fully saturated rings. The van der Waals surface area contributed by atoms with Crippen LogP contribution in [0.25, 0.3) is 0 Å². The summed E-state index contributed by atoms with van der Waals surface area (Å²) in [5.74, 6) is -2.10. The number of carbonyl (C=O) groups is 4. The predicted octanol–water partition coefficient (Wildman–Crippen LogP) is 0.747. The predicted molar refractivity (Wildman–Crippen MR) is 103 cm³/mol. The minimum absolute atomic E-state index is 0.00591. The van der Waals surface area contributed by atoms with Gasteiger partial charge in [-0.1, -0.05) is 11.8 Å². The van der Waals surface area contributed by atoms with Gasteiger partial charge in [-0.25, -0.2) is 14.8 Å². The van der Waals surface area contributed by atoms with E-state index < -0.39 is 23.2 Å². The Morgan fingerprint density at radius 1 is 1.21 bits per heavy atom. The van der Waals surface area contributed by atoms with E-state index in [-0.39, 0.29) is 48.8 Å². The highest BCUT2D eigenvalue weighted by molar-refractivity contribution is 8.15. The first-order chi connectivity index (χ1) is 13.8. The number of aliphatic imine (C=N–C) groups is 1. The molecule has 1 aliphatic rings. The number of amidine groups is 1. The lowest BCUT2D eigenvalue weighted by Crippen LogP contribution is -2.29. The maximum atomic E-state index is 12.4. The third kappa shape index (κ3) is 5.34. The summed E-state index contributed by atoms with van der Waals surface area (Å²) >= 11 is 1.06. The Balaban J connectivity index is 2.34. The van der Waals surface area contributed by atoms with Gasteiger partial charge in [-0.05, 0) is 13.8 Å². The Bertz CT molecular complexity index is 836. The van der Waals surface area contributed by atoms with Gasteiger partial charge in [0.15, 0.2) is 16.7 Å². The van der Waals surface area contributed by atoms with Gasteiger partial charge in [0, 0.05) is 7.05 Å². The number of rotatable bonds is 8. The summed E-state index contributed by atoms with van der Waals surface area (Å²) in [6, 6.07) is 0. The summed E-state index contributed by atoms with van der Waals surface area (Å²) < 4.78 is 15.8.